The zero-order chi connectivity index (χ0) is 27.6. The van der Waals surface area contributed by atoms with Crippen LogP contribution in [-0.4, -0.2) is 60.6 Å². The Bertz CT molecular complexity index is 1660. The standard InChI is InChI=1S/C26H23ClN6O5S/c1-33-13-12-21-19(14-33)25(18-4-2-3-5-20(18)29-21)26(35)38-15-24(34)28-16-6-8-17(9-7-16)39(36,37)32-23-11-10-22(27)30-31-23/h2-11H,12-15H2,1H3,(H,28,34)(H,31,32). The number of hydrogen-bond donors (Lipinski definition) is 2. The number of likely N-dealkylation sites (N-methyl/N-ethyl adjacent to an activating group) is 1. The fourth-order valence-corrected chi connectivity index (χ4v) is 5.34. The number of anilines is 2. The van der Waals surface area contributed by atoms with E-state index in [-0.39, 0.29) is 15.9 Å². The number of pyridine rings is 1. The number of nitrogens with one attached hydrogen (secondary N) is 2. The van der Waals surface area contributed by atoms with Gasteiger partial charge in [-0.2, -0.15) is 0 Å². The van der Waals surface area contributed by atoms with Crippen LogP contribution in [0.4, 0.5) is 11.5 Å². The molecule has 1 aliphatic rings. The van der Waals surface area contributed by atoms with E-state index in [4.69, 9.17) is 21.3 Å². The second-order valence-corrected chi connectivity index (χ2v) is 11.0. The number of carbonyl (C=O) groups excluding carboxylic acids is 2. The molecule has 2 aromatic heterocycles. The van der Waals surface area contributed by atoms with Crippen LogP contribution in [0.15, 0.2) is 65.6 Å². The molecule has 2 N–H and O–H groups in total. The van der Waals surface area contributed by atoms with Crippen LogP contribution in [0, 0.1) is 0 Å². The third kappa shape index (κ3) is 5.98. The lowest BCUT2D eigenvalue weighted by molar-refractivity contribution is -0.119. The highest BCUT2D eigenvalue weighted by molar-refractivity contribution is 7.92. The molecule has 0 bridgehead atoms. The molecule has 4 aromatic rings. The summed E-state index contributed by atoms with van der Waals surface area (Å²) < 4.78 is 32.9. The molecule has 0 saturated heterocycles. The van der Waals surface area contributed by atoms with Crippen LogP contribution < -0.4 is 10.0 Å². The van der Waals surface area contributed by atoms with Gasteiger partial charge in [-0.3, -0.25) is 14.5 Å². The Kier molecular flexibility index (Phi) is 7.42. The van der Waals surface area contributed by atoms with Crippen molar-refractivity contribution in [2.24, 2.45) is 0 Å². The van der Waals surface area contributed by atoms with Crippen LogP contribution in [-0.2, 0) is 32.5 Å². The molecule has 0 atom stereocenters. The predicted molar refractivity (Wildman–Crippen MR) is 145 cm³/mol. The molecule has 0 radical (unpaired) electrons. The topological polar surface area (TPSA) is 143 Å². The highest BCUT2D eigenvalue weighted by Crippen LogP contribution is 2.28. The van der Waals surface area contributed by atoms with Gasteiger partial charge >= 0.3 is 5.97 Å². The summed E-state index contributed by atoms with van der Waals surface area (Å²) in [4.78, 5) is 32.5. The number of nitrogens with zero attached hydrogens (tertiary/aromatic N) is 4. The minimum atomic E-state index is -3.94. The second kappa shape index (κ2) is 10.9. The average molecular weight is 567 g/mol. The summed E-state index contributed by atoms with van der Waals surface area (Å²) in [5.74, 6) is -1.17. The molecule has 2 aromatic carbocycles. The Balaban J connectivity index is 1.24. The molecule has 39 heavy (non-hydrogen) atoms. The summed E-state index contributed by atoms with van der Waals surface area (Å²) in [5, 5.41) is 10.7. The first-order valence-corrected chi connectivity index (χ1v) is 13.7. The number of ether oxygens (including phenoxy) is 1. The Hall–Kier alpha value is -4.13. The van der Waals surface area contributed by atoms with Gasteiger partial charge in [-0.05, 0) is 49.5 Å². The van der Waals surface area contributed by atoms with Crippen molar-refractivity contribution < 1.29 is 22.7 Å². The maximum Gasteiger partial charge on any atom is 0.339 e. The van der Waals surface area contributed by atoms with Crippen molar-refractivity contribution in [2.75, 3.05) is 30.2 Å². The van der Waals surface area contributed by atoms with Gasteiger partial charge in [0, 0.05) is 41.8 Å². The first-order chi connectivity index (χ1) is 18.7. The maximum atomic E-state index is 13.2. The van der Waals surface area contributed by atoms with E-state index >= 15 is 0 Å². The molecule has 0 fully saturated rings. The van der Waals surface area contributed by atoms with Crippen molar-refractivity contribution in [2.45, 2.75) is 17.9 Å². The molecule has 200 valence electrons. The number of fused-ring (bicyclic) bond motifs is 2. The van der Waals surface area contributed by atoms with E-state index < -0.39 is 28.5 Å². The lowest BCUT2D eigenvalue weighted by Crippen LogP contribution is -2.30. The molecule has 13 heteroatoms. The van der Waals surface area contributed by atoms with E-state index in [2.05, 4.69) is 25.1 Å². The molecule has 5 rings (SSSR count). The molecule has 0 saturated carbocycles. The quantitative estimate of drug-likeness (QED) is 0.322. The van der Waals surface area contributed by atoms with E-state index in [9.17, 15) is 18.0 Å². The first-order valence-electron chi connectivity index (χ1n) is 11.9. The van der Waals surface area contributed by atoms with Crippen molar-refractivity contribution in [1.82, 2.24) is 20.1 Å². The van der Waals surface area contributed by atoms with E-state index in [1.165, 1.54) is 36.4 Å². The minimum absolute atomic E-state index is 0.00785. The zero-order valence-corrected chi connectivity index (χ0v) is 22.3. The average Bonchev–Trinajstić information content (AvgIpc) is 2.92. The zero-order valence-electron chi connectivity index (χ0n) is 20.7. The highest BCUT2D eigenvalue weighted by Gasteiger charge is 2.26. The summed E-state index contributed by atoms with van der Waals surface area (Å²) in [6.45, 7) is 0.871. The number of para-hydroxylation sites is 1. The number of rotatable bonds is 7. The number of amides is 1. The molecular weight excluding hydrogens is 544 g/mol. The Morgan fingerprint density at radius 2 is 1.82 bits per heavy atom. The Labute approximate surface area is 229 Å². The van der Waals surface area contributed by atoms with Crippen LogP contribution in [0.3, 0.4) is 0 Å². The van der Waals surface area contributed by atoms with Crippen LogP contribution in [0.25, 0.3) is 10.9 Å². The maximum absolute atomic E-state index is 13.2. The predicted octanol–water partition coefficient (Wildman–Crippen LogP) is 3.26. The normalized spacial score (nSPS) is 13.5. The monoisotopic (exact) mass is 566 g/mol. The van der Waals surface area contributed by atoms with Crippen molar-refractivity contribution in [3.63, 3.8) is 0 Å². The van der Waals surface area contributed by atoms with Gasteiger partial charge in [0.1, 0.15) is 0 Å². The molecule has 1 aliphatic heterocycles. The highest BCUT2D eigenvalue weighted by atomic mass is 35.5. The molecule has 0 spiro atoms. The summed E-state index contributed by atoms with van der Waals surface area (Å²) >= 11 is 5.67. The minimum Gasteiger partial charge on any atom is -0.452 e. The van der Waals surface area contributed by atoms with Crippen molar-refractivity contribution >= 4 is 55.9 Å². The third-order valence-corrected chi connectivity index (χ3v) is 7.67. The molecule has 0 unspecified atom stereocenters. The Morgan fingerprint density at radius 3 is 2.56 bits per heavy atom. The molecule has 0 aliphatic carbocycles. The van der Waals surface area contributed by atoms with Gasteiger partial charge in [-0.15, -0.1) is 10.2 Å². The fraction of sp³-hybridized carbons (Fsp3) is 0.192. The number of esters is 1. The number of sulfonamides is 1. The van der Waals surface area contributed by atoms with Gasteiger partial charge in [-0.1, -0.05) is 29.8 Å². The number of halogens is 1. The number of aromatic nitrogens is 3. The number of benzene rings is 2. The molecular formula is C26H23ClN6O5S. The van der Waals surface area contributed by atoms with E-state index in [0.29, 0.717) is 35.1 Å². The summed E-state index contributed by atoms with van der Waals surface area (Å²) in [6.07, 6.45) is 0.714. The number of carbonyl (C=O) groups is 2. The molecule has 11 nitrogen and oxygen atoms in total. The smallest absolute Gasteiger partial charge is 0.339 e. The van der Waals surface area contributed by atoms with Crippen molar-refractivity contribution in [3.05, 3.63) is 82.6 Å². The Morgan fingerprint density at radius 1 is 1.05 bits per heavy atom. The van der Waals surface area contributed by atoms with Crippen LogP contribution in [0.2, 0.25) is 5.15 Å². The van der Waals surface area contributed by atoms with Gasteiger partial charge in [0.05, 0.1) is 16.0 Å². The third-order valence-electron chi connectivity index (χ3n) is 6.10. The van der Waals surface area contributed by atoms with Crippen LogP contribution in [0.5, 0.6) is 0 Å². The number of hydrogen-bond acceptors (Lipinski definition) is 9. The van der Waals surface area contributed by atoms with Gasteiger partial charge in [-0.25, -0.2) is 13.2 Å². The fourth-order valence-electron chi connectivity index (χ4n) is 4.24. The largest absolute Gasteiger partial charge is 0.452 e. The van der Waals surface area contributed by atoms with Gasteiger partial charge < -0.3 is 15.0 Å². The summed E-state index contributed by atoms with van der Waals surface area (Å²) in [5.41, 5.74) is 3.11. The molecule has 3 heterocycles. The van der Waals surface area contributed by atoms with Gasteiger partial charge in [0.2, 0.25) is 0 Å². The SMILES string of the molecule is CN1CCc2nc3ccccc3c(C(=O)OCC(=O)Nc3ccc(S(=O)(=O)Nc4ccc(Cl)nn4)cc3)c2C1. The lowest BCUT2D eigenvalue weighted by atomic mass is 9.96. The van der Waals surface area contributed by atoms with Crippen molar-refractivity contribution in [1.29, 1.82) is 0 Å². The molecule has 1 amide bonds. The first kappa shape index (κ1) is 26.5. The summed E-state index contributed by atoms with van der Waals surface area (Å²) in [7, 11) is -1.97. The van der Waals surface area contributed by atoms with Gasteiger partial charge in [0.15, 0.2) is 17.6 Å². The lowest BCUT2D eigenvalue weighted by Gasteiger charge is -2.26. The van der Waals surface area contributed by atoms with Crippen molar-refractivity contribution in [3.8, 4) is 0 Å². The van der Waals surface area contributed by atoms with Gasteiger partial charge in [0.25, 0.3) is 15.9 Å². The summed E-state index contributed by atoms with van der Waals surface area (Å²) in [6, 6.07) is 15.6. The van der Waals surface area contributed by atoms with E-state index in [0.717, 1.165) is 17.8 Å². The van der Waals surface area contributed by atoms with E-state index in [1.807, 2.05) is 31.3 Å². The second-order valence-electron chi connectivity index (χ2n) is 8.91. The van der Waals surface area contributed by atoms with Crippen LogP contribution >= 0.6 is 11.6 Å². The van der Waals surface area contributed by atoms with E-state index in [1.54, 1.807) is 0 Å². The van der Waals surface area contributed by atoms with Crippen LogP contribution in [0.1, 0.15) is 21.6 Å².